The Labute approximate surface area is 158 Å². The Morgan fingerprint density at radius 2 is 2.11 bits per heavy atom. The fourth-order valence-electron chi connectivity index (χ4n) is 3.59. The van der Waals surface area contributed by atoms with Gasteiger partial charge in [-0.25, -0.2) is 4.98 Å². The van der Waals surface area contributed by atoms with E-state index in [1.807, 2.05) is 42.6 Å². The third-order valence-electron chi connectivity index (χ3n) is 5.16. The van der Waals surface area contributed by atoms with Gasteiger partial charge in [0.1, 0.15) is 12.8 Å². The Morgan fingerprint density at radius 1 is 1.33 bits per heavy atom. The van der Waals surface area contributed by atoms with Gasteiger partial charge in [-0.2, -0.15) is 0 Å². The maximum atomic E-state index is 12.7. The third-order valence-corrected chi connectivity index (χ3v) is 5.16. The van der Waals surface area contributed by atoms with E-state index in [4.69, 9.17) is 14.5 Å². The number of imidazole rings is 1. The summed E-state index contributed by atoms with van der Waals surface area (Å²) in [5.41, 5.74) is 5.35. The van der Waals surface area contributed by atoms with Crippen LogP contribution in [0.2, 0.25) is 0 Å². The van der Waals surface area contributed by atoms with Crippen molar-refractivity contribution in [2.75, 3.05) is 13.8 Å². The highest BCUT2D eigenvalue weighted by Gasteiger charge is 2.29. The quantitative estimate of drug-likeness (QED) is 0.720. The van der Waals surface area contributed by atoms with Gasteiger partial charge < -0.3 is 19.2 Å². The van der Waals surface area contributed by atoms with Crippen LogP contribution in [0.5, 0.6) is 5.75 Å². The minimum Gasteiger partial charge on any atom is -0.481 e. The number of nitrogens with zero attached hydrogens (tertiary/aromatic N) is 2. The molecule has 0 saturated carbocycles. The summed E-state index contributed by atoms with van der Waals surface area (Å²) in [6.45, 7) is 4.13. The lowest BCUT2D eigenvalue weighted by molar-refractivity contribution is 0.0867. The number of aromatic nitrogens is 2. The Bertz CT molecular complexity index is 995. The lowest BCUT2D eigenvalue weighted by atomic mass is 9.95. The van der Waals surface area contributed by atoms with Crippen LogP contribution in [0.15, 0.2) is 36.5 Å². The number of nitrogens with one attached hydrogen (secondary N) is 1. The summed E-state index contributed by atoms with van der Waals surface area (Å²) in [6.07, 6.45) is 3.39. The molecule has 4 rings (SSSR count). The van der Waals surface area contributed by atoms with E-state index in [0.717, 1.165) is 41.0 Å². The van der Waals surface area contributed by atoms with Crippen molar-refractivity contribution in [1.82, 2.24) is 14.7 Å². The molecule has 0 bridgehead atoms. The van der Waals surface area contributed by atoms with Crippen LogP contribution in [-0.2, 0) is 11.2 Å². The summed E-state index contributed by atoms with van der Waals surface area (Å²) in [6, 6.07) is 10.2. The van der Waals surface area contributed by atoms with E-state index in [2.05, 4.69) is 17.4 Å². The molecule has 2 aromatic heterocycles. The van der Waals surface area contributed by atoms with E-state index >= 15 is 0 Å². The number of carbonyl (C=O) groups is 1. The number of hydrogen-bond acceptors (Lipinski definition) is 4. The number of methoxy groups -OCH3 is 1. The average molecular weight is 365 g/mol. The Hall–Kier alpha value is -2.86. The van der Waals surface area contributed by atoms with Crippen molar-refractivity contribution >= 4 is 11.6 Å². The monoisotopic (exact) mass is 365 g/mol. The molecule has 0 fully saturated rings. The Kier molecular flexibility index (Phi) is 4.58. The van der Waals surface area contributed by atoms with E-state index in [9.17, 15) is 4.79 Å². The molecule has 1 amide bonds. The van der Waals surface area contributed by atoms with Crippen molar-refractivity contribution in [3.63, 3.8) is 0 Å². The van der Waals surface area contributed by atoms with Crippen LogP contribution in [0.4, 0.5) is 0 Å². The van der Waals surface area contributed by atoms with Crippen LogP contribution in [0.3, 0.4) is 0 Å². The zero-order valence-electron chi connectivity index (χ0n) is 15.8. The van der Waals surface area contributed by atoms with Crippen LogP contribution in [0.25, 0.3) is 5.65 Å². The molecule has 3 heterocycles. The second-order valence-corrected chi connectivity index (χ2v) is 6.82. The Balaban J connectivity index is 1.83. The second-order valence-electron chi connectivity index (χ2n) is 6.82. The van der Waals surface area contributed by atoms with Gasteiger partial charge in [-0.1, -0.05) is 30.3 Å². The molecule has 1 aliphatic rings. The van der Waals surface area contributed by atoms with E-state index in [1.54, 1.807) is 7.11 Å². The molecule has 1 aromatic carbocycles. The number of rotatable bonds is 4. The molecule has 0 aliphatic carbocycles. The second kappa shape index (κ2) is 7.04. The van der Waals surface area contributed by atoms with Crippen LogP contribution < -0.4 is 10.1 Å². The van der Waals surface area contributed by atoms with Crippen molar-refractivity contribution in [1.29, 1.82) is 0 Å². The molecule has 1 unspecified atom stereocenters. The minimum atomic E-state index is -0.164. The molecule has 6 heteroatoms. The molecular formula is C21H23N3O3. The third kappa shape index (κ3) is 3.06. The summed E-state index contributed by atoms with van der Waals surface area (Å²) in [7, 11) is 1.55. The number of carbonyl (C=O) groups excluding carboxylic acids is 1. The fourth-order valence-corrected chi connectivity index (χ4v) is 3.59. The number of aryl methyl sites for hydroxylation is 2. The zero-order chi connectivity index (χ0) is 19.0. The molecule has 0 spiro atoms. The summed E-state index contributed by atoms with van der Waals surface area (Å²) in [5.74, 6) is 0.541. The molecule has 27 heavy (non-hydrogen) atoms. The molecule has 0 radical (unpaired) electrons. The summed E-state index contributed by atoms with van der Waals surface area (Å²) in [4.78, 5) is 17.4. The predicted molar refractivity (Wildman–Crippen MR) is 102 cm³/mol. The highest BCUT2D eigenvalue weighted by atomic mass is 16.5. The van der Waals surface area contributed by atoms with Crippen LogP contribution in [0, 0.1) is 13.8 Å². The van der Waals surface area contributed by atoms with Crippen molar-refractivity contribution < 1.29 is 14.3 Å². The van der Waals surface area contributed by atoms with Gasteiger partial charge in [-0.15, -0.1) is 0 Å². The van der Waals surface area contributed by atoms with Gasteiger partial charge in [-0.05, 0) is 32.3 Å². The predicted octanol–water partition coefficient (Wildman–Crippen LogP) is 3.35. The smallest absolute Gasteiger partial charge is 0.254 e. The maximum absolute atomic E-state index is 12.7. The molecule has 0 saturated heterocycles. The first-order valence-corrected chi connectivity index (χ1v) is 9.10. The van der Waals surface area contributed by atoms with Gasteiger partial charge in [-0.3, -0.25) is 4.79 Å². The van der Waals surface area contributed by atoms with Crippen molar-refractivity contribution in [3.8, 4) is 5.75 Å². The van der Waals surface area contributed by atoms with Crippen molar-refractivity contribution in [3.05, 3.63) is 64.6 Å². The van der Waals surface area contributed by atoms with Crippen LogP contribution in [0.1, 0.15) is 45.4 Å². The lowest BCUT2D eigenvalue weighted by Gasteiger charge is -2.28. The number of hydrogen-bond donors (Lipinski definition) is 1. The number of ether oxygens (including phenoxy) is 2. The average Bonchev–Trinajstić information content (AvgIpc) is 3.00. The topological polar surface area (TPSA) is 64.9 Å². The summed E-state index contributed by atoms with van der Waals surface area (Å²) in [5, 5.41) is 2.78. The molecule has 1 atom stereocenters. The number of fused-ring (bicyclic) bond motifs is 3. The number of benzene rings is 1. The Morgan fingerprint density at radius 3 is 2.85 bits per heavy atom. The molecular weight excluding hydrogens is 342 g/mol. The molecule has 1 N–H and O–H groups in total. The van der Waals surface area contributed by atoms with Gasteiger partial charge in [0.25, 0.3) is 5.91 Å². The largest absolute Gasteiger partial charge is 0.481 e. The summed E-state index contributed by atoms with van der Waals surface area (Å²) < 4.78 is 13.3. The van der Waals surface area contributed by atoms with E-state index < -0.39 is 0 Å². The van der Waals surface area contributed by atoms with E-state index in [1.165, 1.54) is 0 Å². The van der Waals surface area contributed by atoms with Gasteiger partial charge in [0.2, 0.25) is 0 Å². The first-order chi connectivity index (χ1) is 13.1. The lowest BCUT2D eigenvalue weighted by Crippen LogP contribution is -2.28. The highest BCUT2D eigenvalue weighted by molar-refractivity contribution is 5.97. The van der Waals surface area contributed by atoms with Crippen molar-refractivity contribution in [2.45, 2.75) is 32.8 Å². The normalized spacial score (nSPS) is 16.0. The first-order valence-electron chi connectivity index (χ1n) is 9.10. The van der Waals surface area contributed by atoms with E-state index in [0.29, 0.717) is 11.3 Å². The molecule has 1 aliphatic heterocycles. The van der Waals surface area contributed by atoms with Gasteiger partial charge in [0, 0.05) is 24.6 Å². The van der Waals surface area contributed by atoms with Crippen molar-refractivity contribution in [2.24, 2.45) is 0 Å². The molecule has 140 valence electrons. The first kappa shape index (κ1) is 17.5. The number of amides is 1. The molecule has 6 nitrogen and oxygen atoms in total. The SMILES string of the molecule is COCNC(=O)c1cn2c(C)c(C)nc2c2c1CCC(c1ccccc1)O2. The van der Waals surface area contributed by atoms with E-state index in [-0.39, 0.29) is 18.7 Å². The fraction of sp³-hybridized carbons (Fsp3) is 0.333. The van der Waals surface area contributed by atoms with Gasteiger partial charge in [0.05, 0.1) is 11.3 Å². The maximum Gasteiger partial charge on any atom is 0.254 e. The number of pyridine rings is 1. The van der Waals surface area contributed by atoms with Gasteiger partial charge in [0.15, 0.2) is 11.4 Å². The van der Waals surface area contributed by atoms with Gasteiger partial charge >= 0.3 is 0 Å². The highest BCUT2D eigenvalue weighted by Crippen LogP contribution is 2.39. The zero-order valence-corrected chi connectivity index (χ0v) is 15.8. The molecule has 3 aromatic rings. The van der Waals surface area contributed by atoms with Crippen LogP contribution >= 0.6 is 0 Å². The standard InChI is InChI=1S/C21H23N3O3/c1-13-14(2)24-11-17(21(25)22-12-26-3)16-9-10-18(15-7-5-4-6-8-15)27-19(16)20(24)23-13/h4-8,11,18H,9-10,12H2,1-3H3,(H,22,25). The summed E-state index contributed by atoms with van der Waals surface area (Å²) >= 11 is 0. The minimum absolute atomic E-state index is 0.0444. The van der Waals surface area contributed by atoms with Crippen LogP contribution in [-0.4, -0.2) is 29.1 Å².